The van der Waals surface area contributed by atoms with Gasteiger partial charge in [0.2, 0.25) is 0 Å². The first-order valence-corrected chi connectivity index (χ1v) is 7.71. The minimum atomic E-state index is -0.273. The lowest BCUT2D eigenvalue weighted by Gasteiger charge is -2.13. The average Bonchev–Trinajstić information content (AvgIpc) is 2.62. The van der Waals surface area contributed by atoms with E-state index in [1.54, 1.807) is 50.3 Å². The van der Waals surface area contributed by atoms with E-state index in [0.717, 1.165) is 0 Å². The summed E-state index contributed by atoms with van der Waals surface area (Å²) in [7, 11) is 0. The quantitative estimate of drug-likeness (QED) is 0.648. The lowest BCUT2D eigenvalue weighted by atomic mass is 10.1. The molecule has 0 aliphatic carbocycles. The number of para-hydroxylation sites is 1. The van der Waals surface area contributed by atoms with E-state index < -0.39 is 0 Å². The summed E-state index contributed by atoms with van der Waals surface area (Å²) in [5.74, 6) is -0.527. The first-order valence-electron chi connectivity index (χ1n) is 7.71. The molecule has 0 atom stereocenters. The molecule has 0 aliphatic heterocycles. The summed E-state index contributed by atoms with van der Waals surface area (Å²) >= 11 is 0. The van der Waals surface area contributed by atoms with E-state index in [1.165, 1.54) is 0 Å². The Hall–Kier alpha value is -3.14. The second kappa shape index (κ2) is 8.48. The molecule has 24 heavy (non-hydrogen) atoms. The van der Waals surface area contributed by atoms with E-state index >= 15 is 0 Å². The lowest BCUT2D eigenvalue weighted by Crippen LogP contribution is -2.28. The molecule has 0 aromatic heterocycles. The summed E-state index contributed by atoms with van der Waals surface area (Å²) in [6.45, 7) is 3.54. The van der Waals surface area contributed by atoms with Crippen molar-refractivity contribution in [3.63, 3.8) is 0 Å². The molecule has 2 aromatic rings. The molecule has 0 unspecified atom stereocenters. The number of carbonyl (C=O) groups is 2. The maximum Gasteiger partial charge on any atom is 0.257 e. The van der Waals surface area contributed by atoms with E-state index in [4.69, 9.17) is 0 Å². The summed E-state index contributed by atoms with van der Waals surface area (Å²) in [6, 6.07) is 18.1. The second-order valence-electron chi connectivity index (χ2n) is 5.04. The Kier molecular flexibility index (Phi) is 6.08. The topological polar surface area (TPSA) is 58.2 Å². The number of hydrogen-bond acceptors (Lipinski definition) is 2. The number of allylic oxidation sites excluding steroid dienone is 2. The van der Waals surface area contributed by atoms with Crippen LogP contribution < -0.4 is 10.6 Å². The van der Waals surface area contributed by atoms with Crippen LogP contribution in [0.5, 0.6) is 0 Å². The van der Waals surface area contributed by atoms with Gasteiger partial charge in [-0.15, -0.1) is 0 Å². The number of hydrogen-bond donors (Lipinski definition) is 2. The molecule has 2 rings (SSSR count). The Labute approximate surface area is 141 Å². The summed E-state index contributed by atoms with van der Waals surface area (Å²) in [6.07, 6.45) is 3.39. The zero-order valence-corrected chi connectivity index (χ0v) is 13.7. The van der Waals surface area contributed by atoms with Crippen molar-refractivity contribution in [1.82, 2.24) is 5.32 Å². The van der Waals surface area contributed by atoms with E-state index in [0.29, 0.717) is 22.5 Å². The number of carbonyl (C=O) groups excluding carboxylic acids is 2. The fourth-order valence-electron chi connectivity index (χ4n) is 2.21. The fraction of sp³-hybridized carbons (Fsp3) is 0.100. The highest BCUT2D eigenvalue weighted by Gasteiger charge is 2.16. The number of rotatable bonds is 5. The van der Waals surface area contributed by atoms with Crippen LogP contribution in [0.3, 0.4) is 0 Å². The Balaban J connectivity index is 2.12. The van der Waals surface area contributed by atoms with Gasteiger partial charge in [0.05, 0.1) is 5.57 Å². The number of anilines is 1. The SMILES string of the molecule is C/C=C(NC(=O)c1ccccc1)\C(=C/C)C(=O)Nc1ccccc1. The summed E-state index contributed by atoms with van der Waals surface area (Å²) in [5.41, 5.74) is 2.12. The van der Waals surface area contributed by atoms with Gasteiger partial charge in [0.25, 0.3) is 11.8 Å². The molecular weight excluding hydrogens is 300 g/mol. The molecule has 122 valence electrons. The van der Waals surface area contributed by atoms with Gasteiger partial charge in [-0.1, -0.05) is 48.6 Å². The molecule has 2 aromatic carbocycles. The van der Waals surface area contributed by atoms with Crippen LogP contribution in [0.4, 0.5) is 5.69 Å². The smallest absolute Gasteiger partial charge is 0.257 e. The van der Waals surface area contributed by atoms with E-state index in [9.17, 15) is 9.59 Å². The molecule has 0 saturated heterocycles. The lowest BCUT2D eigenvalue weighted by molar-refractivity contribution is -0.112. The molecule has 0 heterocycles. The molecule has 0 radical (unpaired) electrons. The van der Waals surface area contributed by atoms with Gasteiger partial charge in [-0.05, 0) is 38.1 Å². The van der Waals surface area contributed by atoms with Gasteiger partial charge in [0, 0.05) is 16.9 Å². The third-order valence-corrected chi connectivity index (χ3v) is 3.43. The Morgan fingerprint density at radius 2 is 1.42 bits per heavy atom. The normalized spacial score (nSPS) is 11.8. The van der Waals surface area contributed by atoms with Crippen LogP contribution in [-0.4, -0.2) is 11.8 Å². The van der Waals surface area contributed by atoms with Crippen molar-refractivity contribution in [2.45, 2.75) is 13.8 Å². The Morgan fingerprint density at radius 3 is 1.96 bits per heavy atom. The van der Waals surface area contributed by atoms with Crippen LogP contribution in [0.15, 0.2) is 84.1 Å². The molecule has 4 heteroatoms. The molecule has 0 saturated carbocycles. The third-order valence-electron chi connectivity index (χ3n) is 3.43. The summed E-state index contributed by atoms with van der Waals surface area (Å²) in [4.78, 5) is 24.8. The van der Waals surface area contributed by atoms with Gasteiger partial charge >= 0.3 is 0 Å². The predicted molar refractivity (Wildman–Crippen MR) is 96.5 cm³/mol. The molecule has 0 fully saturated rings. The maximum atomic E-state index is 12.5. The van der Waals surface area contributed by atoms with Crippen molar-refractivity contribution in [1.29, 1.82) is 0 Å². The third kappa shape index (κ3) is 4.43. The van der Waals surface area contributed by atoms with Crippen LogP contribution in [0, 0.1) is 0 Å². The van der Waals surface area contributed by atoms with E-state index in [2.05, 4.69) is 10.6 Å². The number of benzene rings is 2. The van der Waals surface area contributed by atoms with Crippen LogP contribution >= 0.6 is 0 Å². The van der Waals surface area contributed by atoms with Gasteiger partial charge < -0.3 is 10.6 Å². The van der Waals surface area contributed by atoms with E-state index in [1.807, 2.05) is 36.4 Å². The Bertz CT molecular complexity index is 763. The van der Waals surface area contributed by atoms with Crippen molar-refractivity contribution in [3.8, 4) is 0 Å². The molecule has 0 bridgehead atoms. The predicted octanol–water partition coefficient (Wildman–Crippen LogP) is 3.91. The highest BCUT2D eigenvalue weighted by atomic mass is 16.2. The highest BCUT2D eigenvalue weighted by molar-refractivity contribution is 6.08. The van der Waals surface area contributed by atoms with Gasteiger partial charge in [0.1, 0.15) is 0 Å². The monoisotopic (exact) mass is 320 g/mol. The van der Waals surface area contributed by atoms with Crippen molar-refractivity contribution in [2.75, 3.05) is 5.32 Å². The summed E-state index contributed by atoms with van der Waals surface area (Å²) < 4.78 is 0. The number of amides is 2. The largest absolute Gasteiger partial charge is 0.322 e. The minimum absolute atomic E-state index is 0.254. The highest BCUT2D eigenvalue weighted by Crippen LogP contribution is 2.13. The van der Waals surface area contributed by atoms with Gasteiger partial charge in [0.15, 0.2) is 0 Å². The average molecular weight is 320 g/mol. The fourth-order valence-corrected chi connectivity index (χ4v) is 2.21. The summed E-state index contributed by atoms with van der Waals surface area (Å²) in [5, 5.41) is 5.62. The molecular formula is C20H20N2O2. The van der Waals surface area contributed by atoms with Gasteiger partial charge in [-0.25, -0.2) is 0 Å². The van der Waals surface area contributed by atoms with Crippen molar-refractivity contribution >= 4 is 17.5 Å². The molecule has 0 spiro atoms. The van der Waals surface area contributed by atoms with Crippen molar-refractivity contribution in [3.05, 3.63) is 89.6 Å². The molecule has 4 nitrogen and oxygen atoms in total. The van der Waals surface area contributed by atoms with Crippen molar-refractivity contribution in [2.24, 2.45) is 0 Å². The molecule has 0 aliphatic rings. The zero-order valence-electron chi connectivity index (χ0n) is 13.7. The van der Waals surface area contributed by atoms with Gasteiger partial charge in [-0.2, -0.15) is 0 Å². The first kappa shape index (κ1) is 17.2. The maximum absolute atomic E-state index is 12.5. The van der Waals surface area contributed by atoms with Crippen molar-refractivity contribution < 1.29 is 9.59 Å². The first-order chi connectivity index (χ1) is 11.7. The van der Waals surface area contributed by atoms with Crippen LogP contribution in [-0.2, 0) is 4.79 Å². The van der Waals surface area contributed by atoms with Crippen LogP contribution in [0.25, 0.3) is 0 Å². The zero-order chi connectivity index (χ0) is 17.4. The molecule has 2 amide bonds. The number of nitrogens with one attached hydrogen (secondary N) is 2. The minimum Gasteiger partial charge on any atom is -0.322 e. The van der Waals surface area contributed by atoms with E-state index in [-0.39, 0.29) is 11.8 Å². The van der Waals surface area contributed by atoms with Crippen LogP contribution in [0.1, 0.15) is 24.2 Å². The Morgan fingerprint density at radius 1 is 0.833 bits per heavy atom. The second-order valence-corrected chi connectivity index (χ2v) is 5.04. The molecule has 2 N–H and O–H groups in total. The standard InChI is InChI=1S/C20H20N2O2/c1-3-17(20(24)21-16-13-9-6-10-14-16)18(4-2)22-19(23)15-11-7-5-8-12-15/h3-14H,1-2H3,(H,21,24)(H,22,23)/b17-3+,18-4+. The van der Waals surface area contributed by atoms with Crippen LogP contribution in [0.2, 0.25) is 0 Å². The van der Waals surface area contributed by atoms with Gasteiger partial charge in [-0.3, -0.25) is 9.59 Å².